The number of nitrogens with zero attached hydrogens (tertiary/aromatic N) is 1. The first-order chi connectivity index (χ1) is 5.58. The third-order valence-electron chi connectivity index (χ3n) is 2.33. The van der Waals surface area contributed by atoms with Crippen LogP contribution in [-0.4, -0.2) is 42.3 Å². The highest BCUT2D eigenvalue weighted by molar-refractivity contribution is 5.82. The summed E-state index contributed by atoms with van der Waals surface area (Å²) >= 11 is 0. The number of hydrogen-bond acceptors (Lipinski definition) is 2. The number of carbonyl (C=O) groups excluding carboxylic acids is 1. The Balaban J connectivity index is 1.83. The van der Waals surface area contributed by atoms with Gasteiger partial charge in [0.25, 0.3) is 5.91 Å². The van der Waals surface area contributed by atoms with E-state index >= 15 is 0 Å². The quantitative estimate of drug-likeness (QED) is 0.572. The molecule has 0 saturated carbocycles. The molecule has 0 aromatic rings. The van der Waals surface area contributed by atoms with Crippen LogP contribution in [0.4, 0.5) is 4.39 Å². The van der Waals surface area contributed by atoms with E-state index in [2.05, 4.69) is 0 Å². The molecule has 0 aromatic carbocycles. The van der Waals surface area contributed by atoms with Crippen LogP contribution in [0.25, 0.3) is 0 Å². The van der Waals surface area contributed by atoms with Crippen molar-refractivity contribution >= 4 is 5.91 Å². The molecule has 0 aromatic heterocycles. The van der Waals surface area contributed by atoms with E-state index in [1.54, 1.807) is 0 Å². The van der Waals surface area contributed by atoms with Crippen molar-refractivity contribution in [3.8, 4) is 0 Å². The van der Waals surface area contributed by atoms with E-state index in [1.165, 1.54) is 11.8 Å². The molecular formula is C8H12FNO2. The molecule has 68 valence electrons. The van der Waals surface area contributed by atoms with Crippen LogP contribution in [0.1, 0.15) is 13.3 Å². The van der Waals surface area contributed by atoms with Gasteiger partial charge in [-0.05, 0) is 6.92 Å². The summed E-state index contributed by atoms with van der Waals surface area (Å²) in [6.07, 6.45) is 0.513. The van der Waals surface area contributed by atoms with Crippen LogP contribution >= 0.6 is 0 Å². The number of carbonyl (C=O) groups is 1. The lowest BCUT2D eigenvalue weighted by atomic mass is 9.97. The molecule has 0 bridgehead atoms. The zero-order chi connectivity index (χ0) is 8.77. The van der Waals surface area contributed by atoms with E-state index in [-0.39, 0.29) is 25.1 Å². The van der Waals surface area contributed by atoms with Crippen LogP contribution in [0.15, 0.2) is 0 Å². The molecule has 1 atom stereocenters. The number of likely N-dealkylation sites (tertiary alicyclic amines) is 1. The fourth-order valence-corrected chi connectivity index (χ4v) is 1.54. The molecule has 0 N–H and O–H groups in total. The minimum Gasteiger partial charge on any atom is -0.368 e. The van der Waals surface area contributed by atoms with Gasteiger partial charge in [-0.1, -0.05) is 0 Å². The predicted octanol–water partition coefficient (Wildman–Crippen LogP) is 0.346. The number of ether oxygens (including phenoxy) is 1. The van der Waals surface area contributed by atoms with Crippen molar-refractivity contribution in [2.45, 2.75) is 25.1 Å². The summed E-state index contributed by atoms with van der Waals surface area (Å²) in [5, 5.41) is 0. The molecule has 12 heavy (non-hydrogen) atoms. The maximum Gasteiger partial charge on any atom is 0.252 e. The summed E-state index contributed by atoms with van der Waals surface area (Å²) in [7, 11) is 0. The summed E-state index contributed by atoms with van der Waals surface area (Å²) < 4.78 is 18.0. The minimum atomic E-state index is -1.17. The molecule has 2 fully saturated rings. The molecule has 2 aliphatic heterocycles. The van der Waals surface area contributed by atoms with E-state index in [0.29, 0.717) is 6.61 Å². The maximum absolute atomic E-state index is 13.0. The van der Waals surface area contributed by atoms with Gasteiger partial charge in [0.2, 0.25) is 0 Å². The Morgan fingerprint density at radius 1 is 1.67 bits per heavy atom. The number of hydrogen-bond donors (Lipinski definition) is 0. The summed E-state index contributed by atoms with van der Waals surface area (Å²) in [6, 6.07) is 0. The second-order valence-electron chi connectivity index (χ2n) is 3.76. The van der Waals surface area contributed by atoms with Crippen molar-refractivity contribution in [3.63, 3.8) is 0 Å². The largest absolute Gasteiger partial charge is 0.368 e. The van der Waals surface area contributed by atoms with Gasteiger partial charge >= 0.3 is 0 Å². The van der Waals surface area contributed by atoms with Gasteiger partial charge < -0.3 is 9.64 Å². The highest BCUT2D eigenvalue weighted by atomic mass is 19.1. The molecule has 2 saturated heterocycles. The van der Waals surface area contributed by atoms with Crippen LogP contribution in [0.2, 0.25) is 0 Å². The summed E-state index contributed by atoms with van der Waals surface area (Å²) in [4.78, 5) is 12.8. The first-order valence-electron chi connectivity index (χ1n) is 4.18. The zero-order valence-electron chi connectivity index (χ0n) is 7.05. The number of rotatable bonds is 1. The van der Waals surface area contributed by atoms with Crippen LogP contribution in [0.3, 0.4) is 0 Å². The standard InChI is InChI=1S/C8H12FNO2/c1-8(9)4-10(5-8)7(11)6-2-3-12-6/h6H,2-5H2,1H3. The van der Waals surface area contributed by atoms with Crippen molar-refractivity contribution < 1.29 is 13.9 Å². The lowest BCUT2D eigenvalue weighted by Gasteiger charge is -2.44. The van der Waals surface area contributed by atoms with E-state index in [4.69, 9.17) is 4.74 Å². The van der Waals surface area contributed by atoms with Gasteiger partial charge in [0.15, 0.2) is 0 Å². The van der Waals surface area contributed by atoms with Crippen LogP contribution in [0.5, 0.6) is 0 Å². The minimum absolute atomic E-state index is 0.0450. The fraction of sp³-hybridized carbons (Fsp3) is 0.875. The van der Waals surface area contributed by atoms with Gasteiger partial charge in [-0.3, -0.25) is 4.79 Å². The Bertz CT molecular complexity index is 205. The molecule has 3 nitrogen and oxygen atoms in total. The fourth-order valence-electron chi connectivity index (χ4n) is 1.54. The van der Waals surface area contributed by atoms with E-state index in [9.17, 15) is 9.18 Å². The third kappa shape index (κ3) is 1.20. The predicted molar refractivity (Wildman–Crippen MR) is 40.5 cm³/mol. The molecule has 4 heteroatoms. The van der Waals surface area contributed by atoms with E-state index in [1.807, 2.05) is 0 Å². The molecule has 0 aliphatic carbocycles. The molecule has 2 rings (SSSR count). The molecule has 0 spiro atoms. The monoisotopic (exact) mass is 173 g/mol. The molecule has 2 aliphatic rings. The first-order valence-corrected chi connectivity index (χ1v) is 4.18. The molecule has 1 amide bonds. The number of amides is 1. The van der Waals surface area contributed by atoms with E-state index < -0.39 is 5.67 Å². The van der Waals surface area contributed by atoms with Gasteiger partial charge in [0.1, 0.15) is 11.8 Å². The van der Waals surface area contributed by atoms with Crippen LogP contribution < -0.4 is 0 Å². The normalized spacial score (nSPS) is 32.2. The Labute approximate surface area is 70.5 Å². The van der Waals surface area contributed by atoms with Crippen molar-refractivity contribution in [1.82, 2.24) is 4.90 Å². The summed E-state index contributed by atoms with van der Waals surface area (Å²) in [6.45, 7) is 2.63. The van der Waals surface area contributed by atoms with Gasteiger partial charge in [-0.2, -0.15) is 0 Å². The SMILES string of the molecule is CC1(F)CN(C(=O)C2CCO2)C1. The first kappa shape index (κ1) is 7.98. The zero-order valence-corrected chi connectivity index (χ0v) is 7.05. The summed E-state index contributed by atoms with van der Waals surface area (Å²) in [5.74, 6) is -0.0450. The Kier molecular flexibility index (Phi) is 1.61. The lowest BCUT2D eigenvalue weighted by molar-refractivity contribution is -0.168. The Morgan fingerprint density at radius 2 is 2.25 bits per heavy atom. The lowest BCUT2D eigenvalue weighted by Crippen LogP contribution is -2.62. The van der Waals surface area contributed by atoms with Crippen molar-refractivity contribution in [2.75, 3.05) is 19.7 Å². The van der Waals surface area contributed by atoms with Gasteiger partial charge in [0.05, 0.1) is 19.7 Å². The smallest absolute Gasteiger partial charge is 0.252 e. The van der Waals surface area contributed by atoms with Gasteiger partial charge in [0, 0.05) is 6.42 Å². The molecule has 0 radical (unpaired) electrons. The van der Waals surface area contributed by atoms with Gasteiger partial charge in [-0.15, -0.1) is 0 Å². The van der Waals surface area contributed by atoms with Crippen LogP contribution in [0, 0.1) is 0 Å². The number of halogens is 1. The maximum atomic E-state index is 13.0. The third-order valence-corrected chi connectivity index (χ3v) is 2.33. The second-order valence-corrected chi connectivity index (χ2v) is 3.76. The van der Waals surface area contributed by atoms with Crippen molar-refractivity contribution in [1.29, 1.82) is 0 Å². The highest BCUT2D eigenvalue weighted by Gasteiger charge is 2.44. The molecule has 1 unspecified atom stereocenters. The van der Waals surface area contributed by atoms with Crippen LogP contribution in [-0.2, 0) is 9.53 Å². The van der Waals surface area contributed by atoms with Crippen molar-refractivity contribution in [2.24, 2.45) is 0 Å². The average molecular weight is 173 g/mol. The molecule has 2 heterocycles. The number of alkyl halides is 1. The highest BCUT2D eigenvalue weighted by Crippen LogP contribution is 2.27. The Morgan fingerprint density at radius 3 is 2.58 bits per heavy atom. The Hall–Kier alpha value is -0.640. The van der Waals surface area contributed by atoms with E-state index in [0.717, 1.165) is 6.42 Å². The molecular weight excluding hydrogens is 161 g/mol. The van der Waals surface area contributed by atoms with Gasteiger partial charge in [-0.25, -0.2) is 4.39 Å². The topological polar surface area (TPSA) is 29.5 Å². The second kappa shape index (κ2) is 2.42. The summed E-state index contributed by atoms with van der Waals surface area (Å²) in [5.41, 5.74) is -1.17. The average Bonchev–Trinajstić information content (AvgIpc) is 1.77. The van der Waals surface area contributed by atoms with Crippen molar-refractivity contribution in [3.05, 3.63) is 0 Å².